The van der Waals surface area contributed by atoms with E-state index < -0.39 is 11.7 Å². The van der Waals surface area contributed by atoms with E-state index in [1.807, 2.05) is 27.7 Å². The van der Waals surface area contributed by atoms with Gasteiger partial charge in [0.2, 0.25) is 6.41 Å². The van der Waals surface area contributed by atoms with Crippen molar-refractivity contribution < 1.29 is 19.1 Å². The maximum Gasteiger partial charge on any atom is 0.407 e. The Morgan fingerprint density at radius 3 is 2.24 bits per heavy atom. The van der Waals surface area contributed by atoms with Crippen molar-refractivity contribution in [2.45, 2.75) is 71.1 Å². The van der Waals surface area contributed by atoms with Crippen molar-refractivity contribution in [1.82, 2.24) is 15.2 Å². The summed E-state index contributed by atoms with van der Waals surface area (Å²) in [5.74, 6) is 0. The molecule has 0 aromatic heterocycles. The Hall–Kier alpha value is -2.59. The van der Waals surface area contributed by atoms with Gasteiger partial charge in [-0.2, -0.15) is 10.0 Å². The summed E-state index contributed by atoms with van der Waals surface area (Å²) < 4.78 is 5.32. The molecule has 0 aliphatic heterocycles. The Labute approximate surface area is 210 Å². The fourth-order valence-electron chi connectivity index (χ4n) is 3.71. The number of ether oxygens (including phenoxy) is 1. The molecular weight excluding hydrogens is 483 g/mol. The second-order valence-electron chi connectivity index (χ2n) is 8.94. The number of amides is 4. The number of carbonyl (C=O) groups is 3. The predicted molar refractivity (Wildman–Crippen MR) is 131 cm³/mol. The second kappa shape index (κ2) is 12.2. The summed E-state index contributed by atoms with van der Waals surface area (Å²) in [6, 6.07) is 4.41. The molecule has 12 heteroatoms. The summed E-state index contributed by atoms with van der Waals surface area (Å²) in [5, 5.41) is 13.0. The van der Waals surface area contributed by atoms with E-state index in [4.69, 9.17) is 27.9 Å². The van der Waals surface area contributed by atoms with Crippen molar-refractivity contribution in [3.05, 3.63) is 28.2 Å². The first-order valence-electron chi connectivity index (χ1n) is 11.1. The number of para-hydroxylation sites is 1. The van der Waals surface area contributed by atoms with E-state index in [-0.39, 0.29) is 33.8 Å². The first kappa shape index (κ1) is 27.7. The van der Waals surface area contributed by atoms with Crippen LogP contribution < -0.4 is 10.3 Å². The molecular formula is C22H32Cl2N6O4. The van der Waals surface area contributed by atoms with Crippen LogP contribution in [0.3, 0.4) is 0 Å². The van der Waals surface area contributed by atoms with Crippen molar-refractivity contribution in [2.75, 3.05) is 18.6 Å². The Morgan fingerprint density at radius 2 is 1.74 bits per heavy atom. The third-order valence-electron chi connectivity index (χ3n) is 5.26. The van der Waals surface area contributed by atoms with Crippen molar-refractivity contribution in [3.8, 4) is 0 Å². The lowest BCUT2D eigenvalue weighted by molar-refractivity contribution is -0.107. The van der Waals surface area contributed by atoms with Crippen molar-refractivity contribution in [3.63, 3.8) is 0 Å². The number of alkyl carbamates (subject to hydrolysis) is 1. The quantitative estimate of drug-likeness (QED) is 0.296. The summed E-state index contributed by atoms with van der Waals surface area (Å²) >= 11 is 12.2. The van der Waals surface area contributed by atoms with Crippen LogP contribution in [0.25, 0.3) is 0 Å². The molecule has 34 heavy (non-hydrogen) atoms. The zero-order chi connectivity index (χ0) is 25.5. The van der Waals surface area contributed by atoms with E-state index >= 15 is 0 Å². The molecule has 1 saturated carbocycles. The number of benzene rings is 1. The molecule has 1 N–H and O–H groups in total. The van der Waals surface area contributed by atoms with Crippen LogP contribution in [0.4, 0.5) is 15.3 Å². The molecule has 2 rings (SSSR count). The minimum absolute atomic E-state index is 0.00107. The smallest absolute Gasteiger partial charge is 0.407 e. The second-order valence-corrected chi connectivity index (χ2v) is 9.76. The molecule has 0 spiro atoms. The molecule has 188 valence electrons. The maximum atomic E-state index is 13.0. The number of urea groups is 1. The van der Waals surface area contributed by atoms with E-state index in [0.29, 0.717) is 13.0 Å². The average molecular weight is 515 g/mol. The number of hydrogen-bond acceptors (Lipinski definition) is 6. The van der Waals surface area contributed by atoms with Gasteiger partial charge in [0.15, 0.2) is 0 Å². The normalized spacial score (nSPS) is 18.3. The molecule has 4 amide bonds. The van der Waals surface area contributed by atoms with Crippen LogP contribution in [0.5, 0.6) is 0 Å². The summed E-state index contributed by atoms with van der Waals surface area (Å²) in [5.41, 5.74) is -0.378. The lowest BCUT2D eigenvalue weighted by atomic mass is 9.90. The average Bonchev–Trinajstić information content (AvgIpc) is 2.75. The zero-order valence-corrected chi connectivity index (χ0v) is 21.6. The number of nitrogens with one attached hydrogen (secondary N) is 1. The van der Waals surface area contributed by atoms with Gasteiger partial charge >= 0.3 is 12.1 Å². The molecule has 1 aliphatic rings. The van der Waals surface area contributed by atoms with Crippen LogP contribution in [0.15, 0.2) is 28.6 Å². The lowest BCUT2D eigenvalue weighted by Crippen LogP contribution is -2.49. The number of rotatable bonds is 7. The topological polar surface area (TPSA) is 107 Å². The van der Waals surface area contributed by atoms with Gasteiger partial charge in [0.25, 0.3) is 0 Å². The number of hydrogen-bond donors (Lipinski definition) is 1. The summed E-state index contributed by atoms with van der Waals surface area (Å²) in [4.78, 5) is 38.3. The minimum Gasteiger partial charge on any atom is -0.444 e. The summed E-state index contributed by atoms with van der Waals surface area (Å²) in [6.45, 7) is 7.81. The SMILES string of the molecule is CCN(C(=O)N(C)/N=N\N(C=O)c1c(Cl)cccc1Cl)C1CCC(NC(=O)OC(C)(C)C)CC1. The van der Waals surface area contributed by atoms with E-state index in [1.165, 1.54) is 7.05 Å². The molecule has 1 fully saturated rings. The first-order valence-corrected chi connectivity index (χ1v) is 11.9. The molecule has 0 saturated heterocycles. The number of halogens is 2. The number of anilines is 1. The lowest BCUT2D eigenvalue weighted by Gasteiger charge is -2.37. The maximum absolute atomic E-state index is 13.0. The van der Waals surface area contributed by atoms with E-state index in [0.717, 1.165) is 35.7 Å². The van der Waals surface area contributed by atoms with Gasteiger partial charge in [-0.25, -0.2) is 9.59 Å². The van der Waals surface area contributed by atoms with Crippen molar-refractivity contribution in [1.29, 1.82) is 0 Å². The molecule has 0 bridgehead atoms. The number of nitrogens with zero attached hydrogens (tertiary/aromatic N) is 5. The van der Waals surface area contributed by atoms with Crippen LogP contribution in [-0.4, -0.2) is 59.7 Å². The third-order valence-corrected chi connectivity index (χ3v) is 5.87. The van der Waals surface area contributed by atoms with Gasteiger partial charge in [-0.05, 0) is 76.0 Å². The summed E-state index contributed by atoms with van der Waals surface area (Å²) in [6.07, 6.45) is 2.87. The molecule has 0 heterocycles. The Balaban J connectivity index is 1.97. The van der Waals surface area contributed by atoms with E-state index in [1.54, 1.807) is 23.1 Å². The third kappa shape index (κ3) is 7.73. The van der Waals surface area contributed by atoms with Crippen molar-refractivity contribution >= 4 is 47.4 Å². The monoisotopic (exact) mass is 514 g/mol. The van der Waals surface area contributed by atoms with E-state index in [2.05, 4.69) is 15.8 Å². The van der Waals surface area contributed by atoms with Gasteiger partial charge in [0.1, 0.15) is 11.3 Å². The van der Waals surface area contributed by atoms with Gasteiger partial charge in [0, 0.05) is 25.7 Å². The Kier molecular flexibility index (Phi) is 9.93. The standard InChI is InChI=1S/C22H32Cl2N6O4/c1-6-29(16-12-10-15(11-13-16)25-20(32)34-22(2,3)4)21(33)28(5)26-27-30(14-31)19-17(23)8-7-9-18(19)24/h7-9,14-16H,6,10-13H2,1-5H3,(H,25,32)/b27-26-. The van der Waals surface area contributed by atoms with Crippen LogP contribution in [-0.2, 0) is 9.53 Å². The van der Waals surface area contributed by atoms with Crippen LogP contribution in [0, 0.1) is 0 Å². The van der Waals surface area contributed by atoms with Crippen LogP contribution in [0.2, 0.25) is 10.0 Å². The van der Waals surface area contributed by atoms with E-state index in [9.17, 15) is 14.4 Å². The zero-order valence-electron chi connectivity index (χ0n) is 20.1. The highest BCUT2D eigenvalue weighted by atomic mass is 35.5. The summed E-state index contributed by atoms with van der Waals surface area (Å²) in [7, 11) is 1.46. The highest BCUT2D eigenvalue weighted by Crippen LogP contribution is 2.33. The molecule has 0 radical (unpaired) electrons. The Morgan fingerprint density at radius 1 is 1.15 bits per heavy atom. The molecule has 0 unspecified atom stereocenters. The molecule has 1 aromatic rings. The van der Waals surface area contributed by atoms with Gasteiger partial charge < -0.3 is 15.0 Å². The van der Waals surface area contributed by atoms with Gasteiger partial charge in [0.05, 0.1) is 10.0 Å². The first-order chi connectivity index (χ1) is 16.0. The number of carbonyl (C=O) groups excluding carboxylic acids is 3. The van der Waals surface area contributed by atoms with Crippen molar-refractivity contribution in [2.24, 2.45) is 10.4 Å². The minimum atomic E-state index is -0.553. The fraction of sp³-hybridized carbons (Fsp3) is 0.591. The molecule has 10 nitrogen and oxygen atoms in total. The highest BCUT2D eigenvalue weighted by Gasteiger charge is 2.31. The molecule has 0 atom stereocenters. The predicted octanol–water partition coefficient (Wildman–Crippen LogP) is 5.45. The highest BCUT2D eigenvalue weighted by molar-refractivity contribution is 6.39. The molecule has 1 aromatic carbocycles. The van der Waals surface area contributed by atoms with Crippen LogP contribution >= 0.6 is 23.2 Å². The Bertz CT molecular complexity index is 880. The fourth-order valence-corrected chi connectivity index (χ4v) is 4.28. The van der Waals surface area contributed by atoms with Gasteiger partial charge in [-0.1, -0.05) is 29.3 Å². The van der Waals surface area contributed by atoms with Gasteiger partial charge in [-0.15, -0.1) is 0 Å². The van der Waals surface area contributed by atoms with Gasteiger partial charge in [-0.3, -0.25) is 4.79 Å². The van der Waals surface area contributed by atoms with Crippen LogP contribution in [0.1, 0.15) is 53.4 Å². The largest absolute Gasteiger partial charge is 0.444 e. The molecule has 1 aliphatic carbocycles.